The van der Waals surface area contributed by atoms with Crippen LogP contribution in [0, 0.1) is 19.3 Å². The lowest BCUT2D eigenvalue weighted by molar-refractivity contribution is 0.424. The van der Waals surface area contributed by atoms with Gasteiger partial charge in [-0.2, -0.15) is 5.10 Å². The summed E-state index contributed by atoms with van der Waals surface area (Å²) in [6.07, 6.45) is 7.24. The number of aryl methyl sites for hydroxylation is 1. The van der Waals surface area contributed by atoms with Crippen LogP contribution in [0.5, 0.6) is 0 Å². The molecule has 0 aliphatic carbocycles. The maximum Gasteiger partial charge on any atom is 0.101 e. The van der Waals surface area contributed by atoms with E-state index in [1.807, 2.05) is 13.1 Å². The quantitative estimate of drug-likeness (QED) is 0.761. The van der Waals surface area contributed by atoms with Gasteiger partial charge in [0.25, 0.3) is 0 Å². The smallest absolute Gasteiger partial charge is 0.101 e. The van der Waals surface area contributed by atoms with Crippen LogP contribution in [0.3, 0.4) is 0 Å². The van der Waals surface area contributed by atoms with E-state index in [9.17, 15) is 0 Å². The molecule has 0 spiro atoms. The summed E-state index contributed by atoms with van der Waals surface area (Å²) in [7, 11) is 0. The lowest BCUT2D eigenvalue weighted by atomic mass is 10.1. The molecular weight excluding hydrogens is 186 g/mol. The number of aromatic nitrogens is 2. The van der Waals surface area contributed by atoms with E-state index in [0.29, 0.717) is 6.54 Å². The number of hydrogen-bond acceptors (Lipinski definition) is 2. The van der Waals surface area contributed by atoms with E-state index in [-0.39, 0.29) is 5.54 Å². The molecule has 1 N–H and O–H groups in total. The van der Waals surface area contributed by atoms with E-state index in [4.69, 9.17) is 6.42 Å². The fourth-order valence-corrected chi connectivity index (χ4v) is 1.27. The Kier molecular flexibility index (Phi) is 3.54. The third kappa shape index (κ3) is 3.77. The minimum absolute atomic E-state index is 0.126. The van der Waals surface area contributed by atoms with Gasteiger partial charge in [-0.15, -0.1) is 6.42 Å². The molecule has 1 heterocycles. The monoisotopic (exact) mass is 205 g/mol. The number of nitrogens with zero attached hydrogens (tertiary/aromatic N) is 2. The van der Waals surface area contributed by atoms with Crippen LogP contribution in [-0.4, -0.2) is 15.3 Å². The van der Waals surface area contributed by atoms with E-state index in [2.05, 4.69) is 37.1 Å². The summed E-state index contributed by atoms with van der Waals surface area (Å²) >= 11 is 0. The van der Waals surface area contributed by atoms with Crippen LogP contribution >= 0.6 is 0 Å². The molecule has 0 unspecified atom stereocenters. The average Bonchev–Trinajstić information content (AvgIpc) is 2.42. The molecule has 15 heavy (non-hydrogen) atoms. The third-order valence-electron chi connectivity index (χ3n) is 2.11. The van der Waals surface area contributed by atoms with Gasteiger partial charge in [0.2, 0.25) is 0 Å². The van der Waals surface area contributed by atoms with Gasteiger partial charge in [0.1, 0.15) is 6.54 Å². The van der Waals surface area contributed by atoms with Crippen molar-refractivity contribution in [2.75, 3.05) is 0 Å². The summed E-state index contributed by atoms with van der Waals surface area (Å²) < 4.78 is 1.80. The highest BCUT2D eigenvalue weighted by atomic mass is 15.3. The molecule has 0 aliphatic heterocycles. The Bertz CT molecular complexity index is 363. The predicted molar refractivity (Wildman–Crippen MR) is 62.4 cm³/mol. The van der Waals surface area contributed by atoms with Crippen molar-refractivity contribution in [3.8, 4) is 12.3 Å². The van der Waals surface area contributed by atoms with Crippen LogP contribution in [0.1, 0.15) is 32.0 Å². The van der Waals surface area contributed by atoms with Gasteiger partial charge in [-0.1, -0.05) is 5.92 Å². The molecule has 82 valence electrons. The van der Waals surface area contributed by atoms with Crippen LogP contribution in [-0.2, 0) is 13.1 Å². The largest absolute Gasteiger partial charge is 0.308 e. The maximum absolute atomic E-state index is 5.24. The van der Waals surface area contributed by atoms with Gasteiger partial charge < -0.3 is 5.32 Å². The summed E-state index contributed by atoms with van der Waals surface area (Å²) in [5.41, 5.74) is 2.38. The average molecular weight is 205 g/mol. The van der Waals surface area contributed by atoms with Crippen LogP contribution in [0.2, 0.25) is 0 Å². The Hall–Kier alpha value is -1.27. The summed E-state index contributed by atoms with van der Waals surface area (Å²) in [6, 6.07) is 0. The Morgan fingerprint density at radius 1 is 1.53 bits per heavy atom. The van der Waals surface area contributed by atoms with Crippen molar-refractivity contribution < 1.29 is 0 Å². The second-order valence-corrected chi connectivity index (χ2v) is 4.75. The van der Waals surface area contributed by atoms with E-state index in [0.717, 1.165) is 12.2 Å². The number of nitrogens with one attached hydrogen (secondary N) is 1. The van der Waals surface area contributed by atoms with Gasteiger partial charge in [-0.3, -0.25) is 4.68 Å². The van der Waals surface area contributed by atoms with Crippen molar-refractivity contribution in [3.05, 3.63) is 17.5 Å². The first-order valence-electron chi connectivity index (χ1n) is 5.14. The summed E-state index contributed by atoms with van der Waals surface area (Å²) in [4.78, 5) is 0. The maximum atomic E-state index is 5.24. The van der Waals surface area contributed by atoms with Crippen molar-refractivity contribution in [3.63, 3.8) is 0 Å². The van der Waals surface area contributed by atoms with Crippen LogP contribution in [0.15, 0.2) is 6.20 Å². The van der Waals surface area contributed by atoms with Gasteiger partial charge in [0.15, 0.2) is 0 Å². The highest BCUT2D eigenvalue weighted by molar-refractivity contribution is 5.15. The zero-order valence-electron chi connectivity index (χ0n) is 9.96. The zero-order valence-corrected chi connectivity index (χ0v) is 9.96. The Balaban J connectivity index is 2.66. The van der Waals surface area contributed by atoms with Crippen LogP contribution in [0.25, 0.3) is 0 Å². The summed E-state index contributed by atoms with van der Waals surface area (Å²) in [6.45, 7) is 9.82. The molecule has 0 aromatic carbocycles. The fraction of sp³-hybridized carbons (Fsp3) is 0.583. The van der Waals surface area contributed by atoms with Crippen molar-refractivity contribution in [2.45, 2.75) is 46.3 Å². The molecule has 0 saturated carbocycles. The van der Waals surface area contributed by atoms with Crippen molar-refractivity contribution in [1.29, 1.82) is 0 Å². The Morgan fingerprint density at radius 3 is 2.73 bits per heavy atom. The lowest BCUT2D eigenvalue weighted by Gasteiger charge is -2.20. The standard InChI is InChI=1S/C12H19N3/c1-6-7-15-9-11(10(2)14-15)8-13-12(3,4)5/h1,9,13H,7-8H2,2-5H3. The van der Waals surface area contributed by atoms with E-state index in [1.54, 1.807) is 4.68 Å². The molecular formula is C12H19N3. The first-order valence-corrected chi connectivity index (χ1v) is 5.14. The summed E-state index contributed by atoms with van der Waals surface area (Å²) in [5, 5.41) is 7.76. The van der Waals surface area contributed by atoms with Crippen LogP contribution in [0.4, 0.5) is 0 Å². The molecule has 3 heteroatoms. The van der Waals surface area contributed by atoms with Crippen molar-refractivity contribution in [2.24, 2.45) is 0 Å². The van der Waals surface area contributed by atoms with Gasteiger partial charge in [-0.05, 0) is 27.7 Å². The molecule has 3 nitrogen and oxygen atoms in total. The molecule has 0 bridgehead atoms. The van der Waals surface area contributed by atoms with Gasteiger partial charge in [0.05, 0.1) is 5.69 Å². The molecule has 0 aliphatic rings. The molecule has 0 amide bonds. The normalized spacial score (nSPS) is 11.4. The number of hydrogen-bond donors (Lipinski definition) is 1. The molecule has 0 radical (unpaired) electrons. The predicted octanol–water partition coefficient (Wildman–Crippen LogP) is 1.71. The van der Waals surface area contributed by atoms with Gasteiger partial charge >= 0.3 is 0 Å². The molecule has 0 atom stereocenters. The SMILES string of the molecule is C#CCn1cc(CNC(C)(C)C)c(C)n1. The van der Waals surface area contributed by atoms with E-state index >= 15 is 0 Å². The Labute approximate surface area is 91.9 Å². The molecule has 0 saturated heterocycles. The summed E-state index contributed by atoms with van der Waals surface area (Å²) in [5.74, 6) is 2.58. The Morgan fingerprint density at radius 2 is 2.20 bits per heavy atom. The molecule has 1 aromatic rings. The number of terminal acetylenes is 1. The zero-order chi connectivity index (χ0) is 11.5. The lowest BCUT2D eigenvalue weighted by Crippen LogP contribution is -2.35. The number of rotatable bonds is 3. The minimum Gasteiger partial charge on any atom is -0.308 e. The topological polar surface area (TPSA) is 29.9 Å². The molecule has 1 aromatic heterocycles. The van der Waals surface area contributed by atoms with E-state index in [1.165, 1.54) is 5.56 Å². The highest BCUT2D eigenvalue weighted by Gasteiger charge is 2.10. The van der Waals surface area contributed by atoms with Crippen molar-refractivity contribution in [1.82, 2.24) is 15.1 Å². The first-order chi connectivity index (χ1) is 6.92. The minimum atomic E-state index is 0.126. The molecule has 0 fully saturated rings. The van der Waals surface area contributed by atoms with Gasteiger partial charge in [0, 0.05) is 23.8 Å². The second-order valence-electron chi connectivity index (χ2n) is 4.75. The fourth-order valence-electron chi connectivity index (χ4n) is 1.27. The first kappa shape index (κ1) is 11.8. The third-order valence-corrected chi connectivity index (χ3v) is 2.11. The van der Waals surface area contributed by atoms with Gasteiger partial charge in [-0.25, -0.2) is 0 Å². The van der Waals surface area contributed by atoms with Crippen LogP contribution < -0.4 is 5.32 Å². The molecule has 1 rings (SSSR count). The second kappa shape index (κ2) is 4.50. The van der Waals surface area contributed by atoms with Crippen molar-refractivity contribution >= 4 is 0 Å². The van der Waals surface area contributed by atoms with E-state index < -0.39 is 0 Å². The highest BCUT2D eigenvalue weighted by Crippen LogP contribution is 2.08.